The first-order valence-electron chi connectivity index (χ1n) is 15.5. The van der Waals surface area contributed by atoms with Crippen LogP contribution >= 0.6 is 0 Å². The molecule has 2 aromatic rings. The van der Waals surface area contributed by atoms with Crippen LogP contribution in [0.2, 0.25) is 0 Å². The number of fused-ring (bicyclic) bond motifs is 4. The Morgan fingerprint density at radius 1 is 1.07 bits per heavy atom. The molecule has 0 aliphatic carbocycles. The zero-order valence-corrected chi connectivity index (χ0v) is 26.5. The summed E-state index contributed by atoms with van der Waals surface area (Å²) in [6, 6.07) is 5.41. The molecule has 3 saturated heterocycles. The Morgan fingerprint density at radius 2 is 1.86 bits per heavy atom. The van der Waals surface area contributed by atoms with E-state index in [4.69, 9.17) is 4.42 Å². The first-order chi connectivity index (χ1) is 19.9. The van der Waals surface area contributed by atoms with Crippen LogP contribution in [0.4, 0.5) is 0 Å². The Balaban J connectivity index is 1.38. The van der Waals surface area contributed by atoms with E-state index in [1.165, 1.54) is 0 Å². The van der Waals surface area contributed by atoms with Gasteiger partial charge in [0.1, 0.15) is 0 Å². The maximum absolute atomic E-state index is 14.1. The van der Waals surface area contributed by atoms with Gasteiger partial charge in [0.25, 0.3) is 0 Å². The van der Waals surface area contributed by atoms with Gasteiger partial charge in [0.15, 0.2) is 11.7 Å². The molecule has 2 amide bonds. The number of hydrogen-bond donors (Lipinski definition) is 1. The van der Waals surface area contributed by atoms with Crippen molar-refractivity contribution in [2.24, 2.45) is 23.7 Å². The Kier molecular flexibility index (Phi) is 9.13. The van der Waals surface area contributed by atoms with Crippen molar-refractivity contribution in [1.29, 1.82) is 0 Å². The summed E-state index contributed by atoms with van der Waals surface area (Å²) in [4.78, 5) is 33.0. The van der Waals surface area contributed by atoms with E-state index >= 15 is 0 Å². The molecule has 230 valence electrons. The lowest BCUT2D eigenvalue weighted by Gasteiger charge is -2.50. The van der Waals surface area contributed by atoms with E-state index in [-0.39, 0.29) is 46.5 Å². The second-order valence-corrected chi connectivity index (χ2v) is 15.1. The van der Waals surface area contributed by atoms with Gasteiger partial charge in [-0.15, -0.1) is 0 Å². The summed E-state index contributed by atoms with van der Waals surface area (Å²) in [6.07, 6.45) is 6.55. The van der Waals surface area contributed by atoms with Crippen LogP contribution in [-0.2, 0) is 19.6 Å². The maximum Gasteiger partial charge on any atom is 0.243 e. The average molecular weight is 599 g/mol. The van der Waals surface area contributed by atoms with Crippen molar-refractivity contribution in [3.05, 3.63) is 35.9 Å². The molecule has 0 radical (unpaired) electrons. The molecule has 5 atom stereocenters. The smallest absolute Gasteiger partial charge is 0.243 e. The van der Waals surface area contributed by atoms with Crippen LogP contribution in [-0.4, -0.2) is 66.1 Å². The van der Waals surface area contributed by atoms with Crippen molar-refractivity contribution in [3.8, 4) is 11.3 Å². The SMILES string of the molecule is Cc1ncc(-c2ccc(C)c(S(=O)(=O)N3C[C@@H]4C[C@H](C3)[C@@H]3CCCC(=O)N[C@H](C(C)C)CC[C@@H](C)CC(=O)N3C4)c2)o1. The van der Waals surface area contributed by atoms with E-state index in [0.717, 1.165) is 19.3 Å². The minimum Gasteiger partial charge on any atom is -0.441 e. The van der Waals surface area contributed by atoms with E-state index in [0.29, 0.717) is 74.0 Å². The Labute approximate surface area is 250 Å². The summed E-state index contributed by atoms with van der Waals surface area (Å²) in [6.45, 7) is 11.3. The van der Waals surface area contributed by atoms with Gasteiger partial charge in [0, 0.05) is 57.0 Å². The zero-order chi connectivity index (χ0) is 30.2. The predicted octanol–water partition coefficient (Wildman–Crippen LogP) is 4.93. The molecular weight excluding hydrogens is 552 g/mol. The predicted molar refractivity (Wildman–Crippen MR) is 161 cm³/mol. The number of piperidine rings is 2. The number of nitrogens with one attached hydrogen (secondary N) is 1. The summed E-state index contributed by atoms with van der Waals surface area (Å²) in [5.74, 6) is 1.97. The van der Waals surface area contributed by atoms with Crippen molar-refractivity contribution in [2.45, 2.75) is 96.5 Å². The molecule has 9 nitrogen and oxygen atoms in total. The first kappa shape index (κ1) is 30.7. The fourth-order valence-electron chi connectivity index (χ4n) is 7.12. The van der Waals surface area contributed by atoms with Gasteiger partial charge < -0.3 is 14.6 Å². The lowest BCUT2D eigenvalue weighted by molar-refractivity contribution is -0.141. The summed E-state index contributed by atoms with van der Waals surface area (Å²) in [5, 5.41) is 3.23. The highest BCUT2D eigenvalue weighted by Gasteiger charge is 2.45. The number of benzene rings is 1. The number of aromatic nitrogens is 1. The normalized spacial score (nSPS) is 28.4. The van der Waals surface area contributed by atoms with Gasteiger partial charge in [-0.3, -0.25) is 9.59 Å². The van der Waals surface area contributed by atoms with E-state index < -0.39 is 10.0 Å². The highest BCUT2D eigenvalue weighted by atomic mass is 32.2. The lowest BCUT2D eigenvalue weighted by atomic mass is 9.78. The fourth-order valence-corrected chi connectivity index (χ4v) is 8.95. The van der Waals surface area contributed by atoms with Crippen LogP contribution in [0, 0.1) is 37.5 Å². The number of hydrogen-bond acceptors (Lipinski definition) is 6. The summed E-state index contributed by atoms with van der Waals surface area (Å²) >= 11 is 0. The van der Waals surface area contributed by atoms with Crippen LogP contribution in [0.5, 0.6) is 0 Å². The van der Waals surface area contributed by atoms with E-state index in [1.54, 1.807) is 23.5 Å². The molecule has 4 heterocycles. The molecule has 0 saturated carbocycles. The standard InChI is InChI=1S/C32H46N4O5S/c1-20(2)27-12-9-21(3)13-32(38)36-18-24-14-26(28(36)7-6-8-31(37)34-27)19-35(17-24)42(39,40)30-15-25(11-10-22(30)4)29-16-33-23(5)41-29/h10-11,15-16,20-21,24,26-28H,6-9,12-14,17-19H2,1-5H3,(H,34,37)/t21-,24+,26-,27+,28+/m1/s1. The molecule has 1 aromatic carbocycles. The van der Waals surface area contributed by atoms with Crippen LogP contribution in [0.3, 0.4) is 0 Å². The summed E-state index contributed by atoms with van der Waals surface area (Å²) in [5.41, 5.74) is 1.36. The Hall–Kier alpha value is -2.72. The molecular formula is C32H46N4O5S. The van der Waals surface area contributed by atoms with Crippen molar-refractivity contribution in [1.82, 2.24) is 19.5 Å². The number of amides is 2. The average Bonchev–Trinajstić information content (AvgIpc) is 3.37. The lowest BCUT2D eigenvalue weighted by Crippen LogP contribution is -2.60. The van der Waals surface area contributed by atoms with Crippen LogP contribution in [0.25, 0.3) is 11.3 Å². The molecule has 1 N–H and O–H groups in total. The number of aryl methyl sites for hydroxylation is 2. The number of carbonyl (C=O) groups is 2. The van der Waals surface area contributed by atoms with Crippen molar-refractivity contribution in [2.75, 3.05) is 19.6 Å². The van der Waals surface area contributed by atoms with E-state index in [1.807, 2.05) is 24.0 Å². The molecule has 5 rings (SSSR count). The maximum atomic E-state index is 14.1. The zero-order valence-electron chi connectivity index (χ0n) is 25.6. The number of rotatable bonds is 4. The molecule has 42 heavy (non-hydrogen) atoms. The van der Waals surface area contributed by atoms with Crippen molar-refractivity contribution >= 4 is 21.8 Å². The number of nitrogens with zero attached hydrogens (tertiary/aromatic N) is 3. The third kappa shape index (κ3) is 6.59. The van der Waals surface area contributed by atoms with E-state index in [9.17, 15) is 18.0 Å². The molecule has 10 heteroatoms. The highest BCUT2D eigenvalue weighted by molar-refractivity contribution is 7.89. The molecule has 0 unspecified atom stereocenters. The minimum absolute atomic E-state index is 0.0311. The van der Waals surface area contributed by atoms with Crippen LogP contribution < -0.4 is 5.32 Å². The molecule has 0 spiro atoms. The third-order valence-corrected chi connectivity index (χ3v) is 11.5. The van der Waals surface area contributed by atoms with Gasteiger partial charge in [-0.1, -0.05) is 32.9 Å². The number of sulfonamides is 1. The summed E-state index contributed by atoms with van der Waals surface area (Å²) in [7, 11) is -3.78. The second-order valence-electron chi connectivity index (χ2n) is 13.2. The fraction of sp³-hybridized carbons (Fsp3) is 0.656. The number of carbonyl (C=O) groups excluding carboxylic acids is 2. The molecule has 1 aromatic heterocycles. The first-order valence-corrected chi connectivity index (χ1v) is 17.0. The Bertz CT molecular complexity index is 1400. The minimum atomic E-state index is -3.78. The monoisotopic (exact) mass is 598 g/mol. The van der Waals surface area contributed by atoms with Gasteiger partial charge in [0.2, 0.25) is 21.8 Å². The van der Waals surface area contributed by atoms with Crippen molar-refractivity contribution in [3.63, 3.8) is 0 Å². The third-order valence-electron chi connectivity index (χ3n) is 9.52. The topological polar surface area (TPSA) is 113 Å². The second kappa shape index (κ2) is 12.5. The van der Waals surface area contributed by atoms with Gasteiger partial charge in [-0.2, -0.15) is 4.31 Å². The van der Waals surface area contributed by atoms with Crippen LogP contribution in [0.15, 0.2) is 33.7 Å². The largest absolute Gasteiger partial charge is 0.441 e. The van der Waals surface area contributed by atoms with Crippen LogP contribution in [0.1, 0.15) is 77.2 Å². The van der Waals surface area contributed by atoms with Gasteiger partial charge in [0.05, 0.1) is 11.1 Å². The van der Waals surface area contributed by atoms with Gasteiger partial charge in [-0.25, -0.2) is 13.4 Å². The quantitative estimate of drug-likeness (QED) is 0.534. The van der Waals surface area contributed by atoms with Gasteiger partial charge >= 0.3 is 0 Å². The number of oxazole rings is 1. The summed E-state index contributed by atoms with van der Waals surface area (Å²) < 4.78 is 35.5. The van der Waals surface area contributed by atoms with Gasteiger partial charge in [-0.05, 0) is 74.3 Å². The molecule has 3 aliphatic heterocycles. The van der Waals surface area contributed by atoms with Crippen molar-refractivity contribution < 1.29 is 22.4 Å². The molecule has 3 fully saturated rings. The molecule has 3 aliphatic rings. The molecule has 2 bridgehead atoms. The highest BCUT2D eigenvalue weighted by Crippen LogP contribution is 2.39. The Morgan fingerprint density at radius 3 is 2.57 bits per heavy atom. The van der Waals surface area contributed by atoms with E-state index in [2.05, 4.69) is 31.1 Å².